The number of aliphatic hydroxyl groups is 1. The van der Waals surface area contributed by atoms with Crippen molar-refractivity contribution in [2.45, 2.75) is 19.8 Å². The first-order valence-electron chi connectivity index (χ1n) is 4.74. The third-order valence-electron chi connectivity index (χ3n) is 2.47. The van der Waals surface area contributed by atoms with Gasteiger partial charge in [0.1, 0.15) is 5.92 Å². The molecule has 0 saturated carbocycles. The van der Waals surface area contributed by atoms with E-state index in [1.165, 1.54) is 0 Å². The van der Waals surface area contributed by atoms with Crippen LogP contribution in [0.25, 0.3) is 5.53 Å². The van der Waals surface area contributed by atoms with Crippen LogP contribution in [0.2, 0.25) is 0 Å². The van der Waals surface area contributed by atoms with Crippen LogP contribution in [-0.2, 0) is 0 Å². The number of hydrogen-bond acceptors (Lipinski definition) is 2. The average molecular weight is 193 g/mol. The van der Waals surface area contributed by atoms with E-state index >= 15 is 0 Å². The van der Waals surface area contributed by atoms with Gasteiger partial charge < -0.3 is 16.4 Å². The molecule has 0 amide bonds. The van der Waals surface area contributed by atoms with Crippen molar-refractivity contribution in [3.63, 3.8) is 0 Å². The van der Waals surface area contributed by atoms with Crippen LogP contribution in [0.1, 0.15) is 19.8 Å². The molecule has 1 rings (SSSR count). The topological polar surface area (TPSA) is 82.7 Å². The maximum Gasteiger partial charge on any atom is 0.301 e. The minimum Gasteiger partial charge on any atom is -0.401 e. The lowest BCUT2D eigenvalue weighted by atomic mass is 9.87. The fourth-order valence-electron chi connectivity index (χ4n) is 1.64. The van der Waals surface area contributed by atoms with Gasteiger partial charge in [-0.05, 0) is 24.5 Å². The maximum atomic E-state index is 8.87. The molecular weight excluding hydrogens is 178 g/mol. The van der Waals surface area contributed by atoms with Gasteiger partial charge in [-0.15, -0.1) is 0 Å². The van der Waals surface area contributed by atoms with Crippen LogP contribution < -0.4 is 5.73 Å². The van der Waals surface area contributed by atoms with Crippen LogP contribution in [0.5, 0.6) is 0 Å². The third kappa shape index (κ3) is 1.92. The Labute approximate surface area is 83.4 Å². The molecule has 0 aromatic heterocycles. The number of allylic oxidation sites excluding steroid dienone is 4. The van der Waals surface area contributed by atoms with Crippen LogP contribution in [0.3, 0.4) is 0 Å². The molecule has 0 saturated heterocycles. The van der Waals surface area contributed by atoms with Gasteiger partial charge in [0.15, 0.2) is 0 Å². The SMILES string of the molecule is CCC1=C(N)C(CCO)C(=[N+]=[N-])C=C1. The molecule has 4 nitrogen and oxygen atoms in total. The van der Waals surface area contributed by atoms with E-state index in [9.17, 15) is 0 Å². The Morgan fingerprint density at radius 1 is 1.57 bits per heavy atom. The first kappa shape index (κ1) is 10.7. The minimum absolute atomic E-state index is 0.0369. The van der Waals surface area contributed by atoms with Crippen LogP contribution in [0, 0.1) is 5.92 Å². The van der Waals surface area contributed by atoms with E-state index in [0.29, 0.717) is 17.8 Å². The summed E-state index contributed by atoms with van der Waals surface area (Å²) in [5.74, 6) is -0.148. The van der Waals surface area contributed by atoms with E-state index in [2.05, 4.69) is 4.79 Å². The number of aliphatic hydroxyl groups excluding tert-OH is 1. The van der Waals surface area contributed by atoms with Gasteiger partial charge in [-0.1, -0.05) is 6.92 Å². The Hall–Kier alpha value is -1.38. The Kier molecular flexibility index (Phi) is 3.63. The Bertz CT molecular complexity index is 324. The fourth-order valence-corrected chi connectivity index (χ4v) is 1.64. The van der Waals surface area contributed by atoms with Crippen LogP contribution in [0.4, 0.5) is 0 Å². The smallest absolute Gasteiger partial charge is 0.301 e. The first-order valence-corrected chi connectivity index (χ1v) is 4.74. The van der Waals surface area contributed by atoms with Crippen molar-refractivity contribution in [2.75, 3.05) is 6.61 Å². The molecule has 76 valence electrons. The first-order chi connectivity index (χ1) is 6.74. The van der Waals surface area contributed by atoms with E-state index in [-0.39, 0.29) is 12.5 Å². The van der Waals surface area contributed by atoms with Gasteiger partial charge in [0, 0.05) is 18.4 Å². The molecule has 0 fully saturated rings. The molecule has 1 unspecified atom stereocenters. The second-order valence-corrected chi connectivity index (χ2v) is 3.26. The number of nitrogens with two attached hydrogens (primary N) is 1. The molecule has 0 bridgehead atoms. The van der Waals surface area contributed by atoms with Gasteiger partial charge in [0.05, 0.1) is 0 Å². The predicted molar refractivity (Wildman–Crippen MR) is 54.5 cm³/mol. The summed E-state index contributed by atoms with van der Waals surface area (Å²) in [6, 6.07) is 0. The Morgan fingerprint density at radius 2 is 2.29 bits per heavy atom. The molecule has 4 heteroatoms. The quantitative estimate of drug-likeness (QED) is 0.514. The minimum atomic E-state index is -0.148. The fraction of sp³-hybridized carbons (Fsp3) is 0.500. The number of rotatable bonds is 3. The van der Waals surface area contributed by atoms with E-state index in [0.717, 1.165) is 12.0 Å². The van der Waals surface area contributed by atoms with Crippen molar-refractivity contribution in [1.29, 1.82) is 0 Å². The van der Waals surface area contributed by atoms with E-state index < -0.39 is 0 Å². The molecule has 3 N–H and O–H groups in total. The summed E-state index contributed by atoms with van der Waals surface area (Å²) in [5.41, 5.74) is 16.9. The highest BCUT2D eigenvalue weighted by Crippen LogP contribution is 2.23. The van der Waals surface area contributed by atoms with Crippen LogP contribution >= 0.6 is 0 Å². The van der Waals surface area contributed by atoms with Crippen molar-refractivity contribution in [3.8, 4) is 0 Å². The van der Waals surface area contributed by atoms with Gasteiger partial charge in [0.25, 0.3) is 0 Å². The molecule has 0 aromatic rings. The summed E-state index contributed by atoms with van der Waals surface area (Å²) in [4.78, 5) is 3.17. The monoisotopic (exact) mass is 193 g/mol. The van der Waals surface area contributed by atoms with Crippen LogP contribution in [0.15, 0.2) is 23.4 Å². The summed E-state index contributed by atoms with van der Waals surface area (Å²) in [7, 11) is 0. The van der Waals surface area contributed by atoms with E-state index in [1.807, 2.05) is 13.0 Å². The Balaban J connectivity index is 3.02. The van der Waals surface area contributed by atoms with E-state index in [4.69, 9.17) is 16.4 Å². The maximum absolute atomic E-state index is 8.87. The van der Waals surface area contributed by atoms with Crippen molar-refractivity contribution < 1.29 is 9.90 Å². The molecule has 0 aromatic carbocycles. The molecule has 0 heterocycles. The molecular formula is C10H15N3O. The van der Waals surface area contributed by atoms with Gasteiger partial charge in [-0.25, -0.2) is 0 Å². The molecule has 0 radical (unpaired) electrons. The summed E-state index contributed by atoms with van der Waals surface area (Å²) < 4.78 is 0. The predicted octanol–water partition coefficient (Wildman–Crippen LogP) is 0.848. The van der Waals surface area contributed by atoms with Crippen molar-refractivity contribution in [1.82, 2.24) is 0 Å². The van der Waals surface area contributed by atoms with Crippen molar-refractivity contribution in [3.05, 3.63) is 29.0 Å². The molecule has 0 aliphatic heterocycles. The lowest BCUT2D eigenvalue weighted by Crippen LogP contribution is -2.26. The molecule has 0 spiro atoms. The van der Waals surface area contributed by atoms with Gasteiger partial charge in [-0.2, -0.15) is 4.79 Å². The summed E-state index contributed by atoms with van der Waals surface area (Å²) in [6.07, 6.45) is 4.95. The Morgan fingerprint density at radius 3 is 2.79 bits per heavy atom. The normalized spacial score (nSPS) is 21.3. The highest BCUT2D eigenvalue weighted by atomic mass is 16.3. The molecule has 1 aliphatic rings. The lowest BCUT2D eigenvalue weighted by Gasteiger charge is -2.17. The van der Waals surface area contributed by atoms with Gasteiger partial charge >= 0.3 is 5.71 Å². The summed E-state index contributed by atoms with van der Waals surface area (Å²) in [5, 5.41) is 8.87. The average Bonchev–Trinajstić information content (AvgIpc) is 2.21. The molecule has 14 heavy (non-hydrogen) atoms. The summed E-state index contributed by atoms with van der Waals surface area (Å²) in [6.45, 7) is 2.05. The second kappa shape index (κ2) is 4.74. The van der Waals surface area contributed by atoms with E-state index in [1.54, 1.807) is 6.08 Å². The third-order valence-corrected chi connectivity index (χ3v) is 2.47. The largest absolute Gasteiger partial charge is 0.401 e. The molecule has 1 atom stereocenters. The molecule has 1 aliphatic carbocycles. The highest BCUT2D eigenvalue weighted by Gasteiger charge is 2.27. The van der Waals surface area contributed by atoms with Crippen LogP contribution in [-0.4, -0.2) is 22.2 Å². The van der Waals surface area contributed by atoms with Crippen molar-refractivity contribution >= 4 is 5.71 Å². The number of nitrogens with zero attached hydrogens (tertiary/aromatic N) is 2. The highest BCUT2D eigenvalue weighted by molar-refractivity contribution is 5.96. The summed E-state index contributed by atoms with van der Waals surface area (Å²) >= 11 is 0. The zero-order valence-electron chi connectivity index (χ0n) is 8.27. The van der Waals surface area contributed by atoms with Gasteiger partial charge in [0.2, 0.25) is 0 Å². The zero-order valence-corrected chi connectivity index (χ0v) is 8.27. The number of hydrogen-bond donors (Lipinski definition) is 2. The van der Waals surface area contributed by atoms with Crippen molar-refractivity contribution in [2.24, 2.45) is 11.7 Å². The second-order valence-electron chi connectivity index (χ2n) is 3.26. The lowest BCUT2D eigenvalue weighted by molar-refractivity contribution is -0.0105. The zero-order chi connectivity index (χ0) is 10.6. The van der Waals surface area contributed by atoms with Gasteiger partial charge in [-0.3, -0.25) is 0 Å². The standard InChI is InChI=1S/C10H15N3O/c1-2-7-3-4-9(13-12)8(5-6-14)10(7)11/h3-4,8,14H,2,5-6,11H2,1H3.